The molecule has 1 aromatic carbocycles. The van der Waals surface area contributed by atoms with Crippen LogP contribution in [-0.2, 0) is 11.3 Å². The van der Waals surface area contributed by atoms with E-state index in [1.54, 1.807) is 0 Å². The largest absolute Gasteiger partial charge is 0.351 e. The van der Waals surface area contributed by atoms with Gasteiger partial charge in [0.05, 0.1) is 6.04 Å². The molecular formula is C12H17ClF2N2O. The maximum atomic E-state index is 13.2. The first-order valence-electron chi connectivity index (χ1n) is 5.39. The highest BCUT2D eigenvalue weighted by Crippen LogP contribution is 2.09. The van der Waals surface area contributed by atoms with Crippen LogP contribution in [0.1, 0.15) is 19.4 Å². The summed E-state index contributed by atoms with van der Waals surface area (Å²) in [4.78, 5) is 11.5. The van der Waals surface area contributed by atoms with Gasteiger partial charge in [-0.05, 0) is 12.0 Å². The van der Waals surface area contributed by atoms with Crippen LogP contribution in [0.3, 0.4) is 0 Å². The Morgan fingerprint density at radius 2 is 2.00 bits per heavy atom. The Balaban J connectivity index is 0.00000289. The maximum Gasteiger partial charge on any atom is 0.237 e. The van der Waals surface area contributed by atoms with Crippen LogP contribution in [0, 0.1) is 17.6 Å². The lowest BCUT2D eigenvalue weighted by Crippen LogP contribution is -2.43. The Bertz CT molecular complexity index is 413. The minimum Gasteiger partial charge on any atom is -0.351 e. The molecule has 0 radical (unpaired) electrons. The van der Waals surface area contributed by atoms with Crippen LogP contribution < -0.4 is 11.1 Å². The summed E-state index contributed by atoms with van der Waals surface area (Å²) in [6.07, 6.45) is 0. The Kier molecular flexibility index (Phi) is 6.80. The van der Waals surface area contributed by atoms with Crippen molar-refractivity contribution in [1.82, 2.24) is 5.32 Å². The summed E-state index contributed by atoms with van der Waals surface area (Å²) >= 11 is 0. The number of rotatable bonds is 4. The average Bonchev–Trinajstić information content (AvgIpc) is 2.26. The smallest absolute Gasteiger partial charge is 0.237 e. The van der Waals surface area contributed by atoms with Crippen molar-refractivity contribution >= 4 is 18.3 Å². The third-order valence-corrected chi connectivity index (χ3v) is 2.49. The summed E-state index contributed by atoms with van der Waals surface area (Å²) < 4.78 is 25.9. The van der Waals surface area contributed by atoms with Crippen LogP contribution in [0.5, 0.6) is 0 Å². The van der Waals surface area contributed by atoms with Crippen molar-refractivity contribution in [3.05, 3.63) is 35.4 Å². The number of halogens is 3. The fourth-order valence-corrected chi connectivity index (χ4v) is 1.27. The molecule has 1 unspecified atom stereocenters. The molecule has 18 heavy (non-hydrogen) atoms. The highest BCUT2D eigenvalue weighted by Gasteiger charge is 2.17. The maximum absolute atomic E-state index is 13.2. The van der Waals surface area contributed by atoms with E-state index in [-0.39, 0.29) is 36.3 Å². The molecule has 0 spiro atoms. The third-order valence-electron chi connectivity index (χ3n) is 2.49. The molecule has 3 N–H and O–H groups in total. The van der Waals surface area contributed by atoms with E-state index in [0.717, 1.165) is 12.1 Å². The highest BCUT2D eigenvalue weighted by atomic mass is 35.5. The van der Waals surface area contributed by atoms with E-state index in [0.29, 0.717) is 0 Å². The molecule has 0 aromatic heterocycles. The summed E-state index contributed by atoms with van der Waals surface area (Å²) in [7, 11) is 0. The van der Waals surface area contributed by atoms with Crippen LogP contribution in [0.25, 0.3) is 0 Å². The second-order valence-electron chi connectivity index (χ2n) is 4.22. The third kappa shape index (κ3) is 4.58. The lowest BCUT2D eigenvalue weighted by molar-refractivity contribution is -0.123. The van der Waals surface area contributed by atoms with E-state index in [9.17, 15) is 13.6 Å². The van der Waals surface area contributed by atoms with Gasteiger partial charge in [0.1, 0.15) is 11.6 Å². The monoisotopic (exact) mass is 278 g/mol. The molecular weight excluding hydrogens is 262 g/mol. The SMILES string of the molecule is CC(C)C(N)C(=O)NCc1ccc(F)cc1F.Cl. The lowest BCUT2D eigenvalue weighted by Gasteiger charge is -2.15. The van der Waals surface area contributed by atoms with Crippen molar-refractivity contribution < 1.29 is 13.6 Å². The topological polar surface area (TPSA) is 55.1 Å². The second kappa shape index (κ2) is 7.28. The van der Waals surface area contributed by atoms with Crippen LogP contribution >= 0.6 is 12.4 Å². The number of carbonyl (C=O) groups is 1. The van der Waals surface area contributed by atoms with Gasteiger partial charge in [-0.15, -0.1) is 12.4 Å². The fourth-order valence-electron chi connectivity index (χ4n) is 1.27. The van der Waals surface area contributed by atoms with Gasteiger partial charge >= 0.3 is 0 Å². The number of hydrogen-bond acceptors (Lipinski definition) is 2. The number of nitrogens with two attached hydrogens (primary N) is 1. The molecule has 0 aliphatic carbocycles. The molecule has 1 aromatic rings. The minimum atomic E-state index is -0.677. The fraction of sp³-hybridized carbons (Fsp3) is 0.417. The summed E-state index contributed by atoms with van der Waals surface area (Å²) in [6.45, 7) is 3.65. The number of amides is 1. The molecule has 1 rings (SSSR count). The zero-order chi connectivity index (χ0) is 13.0. The van der Waals surface area contributed by atoms with E-state index in [4.69, 9.17) is 5.73 Å². The molecule has 0 heterocycles. The molecule has 0 saturated carbocycles. The van der Waals surface area contributed by atoms with E-state index in [1.807, 2.05) is 13.8 Å². The summed E-state index contributed by atoms with van der Waals surface area (Å²) in [5.41, 5.74) is 5.85. The number of benzene rings is 1. The zero-order valence-corrected chi connectivity index (χ0v) is 11.1. The normalized spacial score (nSPS) is 11.9. The van der Waals surface area contributed by atoms with E-state index >= 15 is 0 Å². The van der Waals surface area contributed by atoms with E-state index in [1.165, 1.54) is 6.07 Å². The van der Waals surface area contributed by atoms with Crippen molar-refractivity contribution in [2.45, 2.75) is 26.4 Å². The molecule has 0 aliphatic rings. The number of hydrogen-bond donors (Lipinski definition) is 2. The predicted molar refractivity (Wildman–Crippen MR) is 68.3 cm³/mol. The standard InChI is InChI=1S/C12H16F2N2O.ClH/c1-7(2)11(15)12(17)16-6-8-3-4-9(13)5-10(8)14;/h3-5,7,11H,6,15H2,1-2H3,(H,16,17);1H. The quantitative estimate of drug-likeness (QED) is 0.885. The second-order valence-corrected chi connectivity index (χ2v) is 4.22. The van der Waals surface area contributed by atoms with Crippen molar-refractivity contribution in [3.63, 3.8) is 0 Å². The molecule has 0 fully saturated rings. The van der Waals surface area contributed by atoms with Gasteiger partial charge in [0.25, 0.3) is 0 Å². The Morgan fingerprint density at radius 3 is 2.50 bits per heavy atom. The summed E-state index contributed by atoms with van der Waals surface area (Å²) in [5.74, 6) is -1.66. The van der Waals surface area contributed by atoms with Crippen LogP contribution in [-0.4, -0.2) is 11.9 Å². The number of carbonyl (C=O) groups excluding carboxylic acids is 1. The van der Waals surface area contributed by atoms with Gasteiger partial charge < -0.3 is 11.1 Å². The minimum absolute atomic E-state index is 0. The molecule has 0 saturated heterocycles. The number of nitrogens with one attached hydrogen (secondary N) is 1. The molecule has 3 nitrogen and oxygen atoms in total. The zero-order valence-electron chi connectivity index (χ0n) is 10.2. The first-order valence-corrected chi connectivity index (χ1v) is 5.39. The van der Waals surface area contributed by atoms with Crippen LogP contribution in [0.2, 0.25) is 0 Å². The Hall–Kier alpha value is -1.20. The van der Waals surface area contributed by atoms with Crippen molar-refractivity contribution in [1.29, 1.82) is 0 Å². The highest BCUT2D eigenvalue weighted by molar-refractivity contribution is 5.85. The summed E-state index contributed by atoms with van der Waals surface area (Å²) in [5, 5.41) is 2.51. The Labute approximate surface area is 111 Å². The van der Waals surface area contributed by atoms with Crippen LogP contribution in [0.4, 0.5) is 8.78 Å². The van der Waals surface area contributed by atoms with Gasteiger partial charge in [-0.3, -0.25) is 4.79 Å². The lowest BCUT2D eigenvalue weighted by atomic mass is 10.0. The molecule has 6 heteroatoms. The van der Waals surface area contributed by atoms with Crippen molar-refractivity contribution in [2.24, 2.45) is 11.7 Å². The van der Waals surface area contributed by atoms with Crippen molar-refractivity contribution in [2.75, 3.05) is 0 Å². The molecule has 0 aliphatic heterocycles. The van der Waals surface area contributed by atoms with Gasteiger partial charge in [0, 0.05) is 18.2 Å². The van der Waals surface area contributed by atoms with Crippen LogP contribution in [0.15, 0.2) is 18.2 Å². The first-order chi connectivity index (χ1) is 7.91. The summed E-state index contributed by atoms with van der Waals surface area (Å²) in [6, 6.07) is 2.60. The molecule has 0 bridgehead atoms. The van der Waals surface area contributed by atoms with Gasteiger partial charge in [-0.1, -0.05) is 19.9 Å². The van der Waals surface area contributed by atoms with Gasteiger partial charge in [-0.2, -0.15) is 0 Å². The van der Waals surface area contributed by atoms with Crippen molar-refractivity contribution in [3.8, 4) is 0 Å². The predicted octanol–water partition coefficient (Wildman–Crippen LogP) is 1.99. The molecule has 102 valence electrons. The van der Waals surface area contributed by atoms with Gasteiger partial charge in [-0.25, -0.2) is 8.78 Å². The average molecular weight is 279 g/mol. The van der Waals surface area contributed by atoms with Gasteiger partial charge in [0.2, 0.25) is 5.91 Å². The van der Waals surface area contributed by atoms with E-state index in [2.05, 4.69) is 5.32 Å². The molecule has 1 atom stereocenters. The van der Waals surface area contributed by atoms with E-state index < -0.39 is 17.7 Å². The molecule has 1 amide bonds. The van der Waals surface area contributed by atoms with Gasteiger partial charge in [0.15, 0.2) is 0 Å². The Morgan fingerprint density at radius 1 is 1.39 bits per heavy atom. The first kappa shape index (κ1) is 16.8.